The molecule has 0 aromatic heterocycles. The van der Waals surface area contributed by atoms with Gasteiger partial charge in [-0.15, -0.1) is 0 Å². The Hall–Kier alpha value is -4.23. The summed E-state index contributed by atoms with van der Waals surface area (Å²) in [5.74, 6) is -1.25. The van der Waals surface area contributed by atoms with Crippen LogP contribution in [0.3, 0.4) is 0 Å². The van der Waals surface area contributed by atoms with E-state index in [2.05, 4.69) is 5.32 Å². The second-order valence-corrected chi connectivity index (χ2v) is 7.15. The molecule has 1 amide bonds. The topological polar surface area (TPSA) is 150 Å². The lowest BCUT2D eigenvalue weighted by Gasteiger charge is -2.13. The summed E-state index contributed by atoms with van der Waals surface area (Å²) in [6.07, 6.45) is 0. The van der Waals surface area contributed by atoms with Crippen LogP contribution in [0.1, 0.15) is 17.3 Å². The third-order valence-electron chi connectivity index (χ3n) is 4.31. The predicted octanol–water partition coefficient (Wildman–Crippen LogP) is 2.86. The highest BCUT2D eigenvalue weighted by Crippen LogP contribution is 2.29. The van der Waals surface area contributed by atoms with Gasteiger partial charge in [0.15, 0.2) is 24.7 Å². The Bertz CT molecular complexity index is 1170. The van der Waals surface area contributed by atoms with E-state index >= 15 is 0 Å². The first-order valence-electron chi connectivity index (χ1n) is 9.71. The van der Waals surface area contributed by atoms with Gasteiger partial charge in [-0.3, -0.25) is 9.59 Å². The number of carbonyl (C=O) groups excluding carboxylic acids is 3. The molecule has 0 radical (unpaired) electrons. The number of nitrogens with one attached hydrogen (secondary N) is 1. The van der Waals surface area contributed by atoms with Gasteiger partial charge in [-0.2, -0.15) is 5.26 Å². The number of allylic oxidation sites excluding steroid dienone is 1. The Morgan fingerprint density at radius 2 is 1.71 bits per heavy atom. The van der Waals surface area contributed by atoms with Crippen LogP contribution in [-0.4, -0.2) is 45.1 Å². The fourth-order valence-electron chi connectivity index (χ4n) is 2.68. The third-order valence-corrected chi connectivity index (χ3v) is 4.55. The van der Waals surface area contributed by atoms with Crippen LogP contribution < -0.4 is 25.3 Å². The summed E-state index contributed by atoms with van der Waals surface area (Å²) < 4.78 is 20.8. The zero-order valence-corrected chi connectivity index (χ0v) is 19.4. The lowest BCUT2D eigenvalue weighted by molar-refractivity contribution is -0.118. The summed E-state index contributed by atoms with van der Waals surface area (Å²) in [5, 5.41) is 12.0. The Morgan fingerprint density at radius 3 is 2.32 bits per heavy atom. The summed E-state index contributed by atoms with van der Waals surface area (Å²) in [7, 11) is 2.81. The minimum atomic E-state index is -0.823. The van der Waals surface area contributed by atoms with E-state index in [1.54, 1.807) is 18.2 Å². The van der Waals surface area contributed by atoms with Crippen LogP contribution in [0.2, 0.25) is 5.02 Å². The van der Waals surface area contributed by atoms with E-state index in [4.69, 9.17) is 41.5 Å². The number of amides is 1. The molecule has 0 bridgehead atoms. The maximum Gasteiger partial charge on any atom is 0.338 e. The minimum Gasteiger partial charge on any atom is -0.495 e. The van der Waals surface area contributed by atoms with Crippen molar-refractivity contribution in [1.29, 1.82) is 5.26 Å². The Balaban J connectivity index is 2.02. The number of nitrogens with two attached hydrogens (primary N) is 1. The molecule has 0 aliphatic rings. The molecule has 2 aromatic rings. The summed E-state index contributed by atoms with van der Waals surface area (Å²) in [6.45, 7) is 0.379. The average Bonchev–Trinajstić information content (AvgIpc) is 2.81. The molecular formula is C23H22ClN3O7. The van der Waals surface area contributed by atoms with Crippen LogP contribution in [0.5, 0.6) is 17.2 Å². The monoisotopic (exact) mass is 487 g/mol. The number of nitrogens with zero attached hydrogens (tertiary/aromatic N) is 1. The van der Waals surface area contributed by atoms with Crippen LogP contribution in [0, 0.1) is 11.3 Å². The van der Waals surface area contributed by atoms with E-state index in [-0.39, 0.29) is 34.9 Å². The van der Waals surface area contributed by atoms with E-state index in [0.29, 0.717) is 16.5 Å². The second-order valence-electron chi connectivity index (χ2n) is 6.72. The van der Waals surface area contributed by atoms with Crippen LogP contribution in [0.4, 0.5) is 5.69 Å². The van der Waals surface area contributed by atoms with E-state index in [1.165, 1.54) is 45.4 Å². The van der Waals surface area contributed by atoms with Gasteiger partial charge in [0.1, 0.15) is 17.4 Å². The van der Waals surface area contributed by atoms with Crippen molar-refractivity contribution in [2.75, 3.05) is 32.8 Å². The molecule has 0 atom stereocenters. The van der Waals surface area contributed by atoms with Gasteiger partial charge < -0.3 is 30.0 Å². The molecule has 0 aliphatic heterocycles. The number of nitriles is 1. The summed E-state index contributed by atoms with van der Waals surface area (Å²) in [4.78, 5) is 36.5. The number of Topliss-reactive ketones (excluding diaryl/α,β-unsaturated/α-hetero) is 1. The van der Waals surface area contributed by atoms with Crippen molar-refractivity contribution in [3.63, 3.8) is 0 Å². The van der Waals surface area contributed by atoms with Crippen molar-refractivity contribution in [3.05, 3.63) is 58.3 Å². The second kappa shape index (κ2) is 12.1. The molecular weight excluding hydrogens is 466 g/mol. The van der Waals surface area contributed by atoms with Gasteiger partial charge in [-0.05, 0) is 43.3 Å². The highest BCUT2D eigenvalue weighted by molar-refractivity contribution is 6.31. The maximum atomic E-state index is 12.3. The normalized spacial score (nSPS) is 10.9. The van der Waals surface area contributed by atoms with Gasteiger partial charge in [0.25, 0.3) is 5.91 Å². The molecule has 0 aliphatic carbocycles. The number of ether oxygens (including phenoxy) is 4. The number of anilines is 1. The highest BCUT2D eigenvalue weighted by Gasteiger charge is 2.18. The number of hydrogen-bond donors (Lipinski definition) is 2. The number of carbonyl (C=O) groups is 3. The van der Waals surface area contributed by atoms with E-state index < -0.39 is 24.3 Å². The van der Waals surface area contributed by atoms with Crippen LogP contribution in [0.25, 0.3) is 0 Å². The van der Waals surface area contributed by atoms with Crippen molar-refractivity contribution >= 4 is 34.9 Å². The third kappa shape index (κ3) is 6.88. The van der Waals surface area contributed by atoms with Gasteiger partial charge >= 0.3 is 5.97 Å². The van der Waals surface area contributed by atoms with Gasteiger partial charge in [-0.25, -0.2) is 4.79 Å². The van der Waals surface area contributed by atoms with Crippen molar-refractivity contribution in [2.24, 2.45) is 5.73 Å². The van der Waals surface area contributed by atoms with Crippen molar-refractivity contribution in [2.45, 2.75) is 6.92 Å². The van der Waals surface area contributed by atoms with Gasteiger partial charge in [-0.1, -0.05) is 11.6 Å². The SMILES string of the molecule is COc1ccc(Cl)cc1NC(=O)COc1ccc(C(=O)OCC(=O)/C(C#N)=C(\C)N)cc1OC. The summed E-state index contributed by atoms with van der Waals surface area (Å²) in [6, 6.07) is 10.6. The molecule has 11 heteroatoms. The van der Waals surface area contributed by atoms with Crippen LogP contribution in [0.15, 0.2) is 47.7 Å². The van der Waals surface area contributed by atoms with Gasteiger partial charge in [0, 0.05) is 10.7 Å². The standard InChI is InChI=1S/C23H22ClN3O7/c1-13(26)16(10-25)18(28)11-34-23(30)14-4-6-20(21(8-14)32-3)33-12-22(29)27-17-9-15(24)5-7-19(17)31-2/h4-9H,11-12,26H2,1-3H3,(H,27,29)/b16-13+. The molecule has 178 valence electrons. The highest BCUT2D eigenvalue weighted by atomic mass is 35.5. The van der Waals surface area contributed by atoms with E-state index in [9.17, 15) is 14.4 Å². The molecule has 0 unspecified atom stereocenters. The quantitative estimate of drug-likeness (QED) is 0.293. The molecule has 3 N–H and O–H groups in total. The first-order valence-corrected chi connectivity index (χ1v) is 10.1. The molecule has 2 rings (SSSR count). The Kier molecular flexibility index (Phi) is 9.28. The van der Waals surface area contributed by atoms with E-state index in [1.807, 2.05) is 0 Å². The van der Waals surface area contributed by atoms with E-state index in [0.717, 1.165) is 0 Å². The molecule has 0 saturated heterocycles. The lowest BCUT2D eigenvalue weighted by Crippen LogP contribution is -2.21. The number of ketones is 1. The molecule has 34 heavy (non-hydrogen) atoms. The first-order chi connectivity index (χ1) is 16.2. The number of rotatable bonds is 10. The lowest BCUT2D eigenvalue weighted by atomic mass is 10.1. The Morgan fingerprint density at radius 1 is 1.03 bits per heavy atom. The number of methoxy groups -OCH3 is 2. The molecule has 10 nitrogen and oxygen atoms in total. The van der Waals surface area contributed by atoms with Crippen molar-refractivity contribution in [3.8, 4) is 23.3 Å². The number of benzene rings is 2. The fourth-order valence-corrected chi connectivity index (χ4v) is 2.85. The number of hydrogen-bond acceptors (Lipinski definition) is 9. The number of esters is 1. The minimum absolute atomic E-state index is 0.0320. The molecule has 0 saturated carbocycles. The summed E-state index contributed by atoms with van der Waals surface area (Å²) in [5.41, 5.74) is 5.66. The molecule has 2 aromatic carbocycles. The van der Waals surface area contributed by atoms with Crippen LogP contribution >= 0.6 is 11.6 Å². The number of halogens is 1. The van der Waals surface area contributed by atoms with Gasteiger partial charge in [0.05, 0.1) is 25.5 Å². The van der Waals surface area contributed by atoms with Gasteiger partial charge in [0.2, 0.25) is 5.78 Å². The molecule has 0 heterocycles. The van der Waals surface area contributed by atoms with Crippen molar-refractivity contribution < 1.29 is 33.3 Å². The predicted molar refractivity (Wildman–Crippen MR) is 123 cm³/mol. The first kappa shape index (κ1) is 26.0. The van der Waals surface area contributed by atoms with Crippen LogP contribution in [-0.2, 0) is 14.3 Å². The average molecular weight is 488 g/mol. The Labute approximate surface area is 200 Å². The molecule has 0 fully saturated rings. The van der Waals surface area contributed by atoms with Crippen molar-refractivity contribution in [1.82, 2.24) is 0 Å². The summed E-state index contributed by atoms with van der Waals surface area (Å²) >= 11 is 5.95. The zero-order chi connectivity index (χ0) is 25.3. The fraction of sp³-hybridized carbons (Fsp3) is 0.217. The maximum absolute atomic E-state index is 12.3. The molecule has 0 spiro atoms. The smallest absolute Gasteiger partial charge is 0.338 e. The zero-order valence-electron chi connectivity index (χ0n) is 18.6. The largest absolute Gasteiger partial charge is 0.495 e.